The smallest absolute Gasteiger partial charge is 0.311 e. The van der Waals surface area contributed by atoms with Gasteiger partial charge in [0.25, 0.3) is 0 Å². The summed E-state index contributed by atoms with van der Waals surface area (Å²) in [4.78, 5) is 68.2. The SMILES string of the molecule is CC1(CC(=O)O)C2C=CC(C2)C1(C)CC(=O)O.CCC1(C(=O)O)C2C=CC(C2)C1(CC)C(=O)O.CCC1(CC(=O)O)C2C=CC(C2)C1(CC)CC(=O)O. The molecule has 0 aromatic rings. The zero-order chi connectivity index (χ0) is 39.9. The first kappa shape index (κ1) is 41.8. The largest absolute Gasteiger partial charge is 0.481 e. The van der Waals surface area contributed by atoms with Crippen molar-refractivity contribution in [1.29, 1.82) is 0 Å². The Bertz CT molecular complexity index is 1490. The Kier molecular flexibility index (Phi) is 11.6. The highest BCUT2D eigenvalue weighted by Gasteiger charge is 2.72. The van der Waals surface area contributed by atoms with Gasteiger partial charge in [-0.25, -0.2) is 0 Å². The summed E-state index contributed by atoms with van der Waals surface area (Å²) in [6.07, 6.45) is 17.1. The number of hydrogen-bond donors (Lipinski definition) is 6. The number of aliphatic carboxylic acids is 6. The quantitative estimate of drug-likeness (QED) is 0.0969. The number of allylic oxidation sites excluding steroid dienone is 6. The number of hydrogen-bond acceptors (Lipinski definition) is 6. The molecule has 294 valence electrons. The van der Waals surface area contributed by atoms with E-state index in [4.69, 9.17) is 10.2 Å². The van der Waals surface area contributed by atoms with Crippen LogP contribution in [0.4, 0.5) is 0 Å². The van der Waals surface area contributed by atoms with E-state index in [0.29, 0.717) is 19.3 Å². The Hall–Kier alpha value is -3.96. The van der Waals surface area contributed by atoms with Crippen LogP contribution in [0.5, 0.6) is 0 Å². The molecule has 6 N–H and O–H groups in total. The molecule has 12 heteroatoms. The van der Waals surface area contributed by atoms with Crippen molar-refractivity contribution in [1.82, 2.24) is 0 Å². The van der Waals surface area contributed by atoms with Gasteiger partial charge >= 0.3 is 35.8 Å². The van der Waals surface area contributed by atoms with Crippen LogP contribution >= 0.6 is 0 Å². The van der Waals surface area contributed by atoms with Gasteiger partial charge in [0.2, 0.25) is 0 Å². The van der Waals surface area contributed by atoms with Crippen LogP contribution in [0.25, 0.3) is 0 Å². The van der Waals surface area contributed by atoms with Crippen molar-refractivity contribution in [2.45, 2.75) is 112 Å². The summed E-state index contributed by atoms with van der Waals surface area (Å²) >= 11 is 0. The van der Waals surface area contributed by atoms with Crippen molar-refractivity contribution in [3.05, 3.63) is 36.5 Å². The van der Waals surface area contributed by atoms with Crippen molar-refractivity contribution >= 4 is 35.8 Å². The van der Waals surface area contributed by atoms with Gasteiger partial charge < -0.3 is 30.6 Å². The molecule has 0 aromatic carbocycles. The molecule has 12 unspecified atom stereocenters. The van der Waals surface area contributed by atoms with Gasteiger partial charge in [-0.2, -0.15) is 0 Å². The second-order valence-corrected chi connectivity index (χ2v) is 16.9. The van der Waals surface area contributed by atoms with Crippen molar-refractivity contribution < 1.29 is 59.4 Å². The van der Waals surface area contributed by atoms with Gasteiger partial charge in [-0.3, -0.25) is 28.8 Å². The Morgan fingerprint density at radius 2 is 0.698 bits per heavy atom. The van der Waals surface area contributed by atoms with Crippen molar-refractivity contribution in [2.24, 2.45) is 68.0 Å². The molecule has 0 aromatic heterocycles. The molecular weight excluding hydrogens is 684 g/mol. The highest BCUT2D eigenvalue weighted by atomic mass is 16.4. The Morgan fingerprint density at radius 1 is 0.434 bits per heavy atom. The fourth-order valence-electron chi connectivity index (χ4n) is 12.9. The molecule has 0 saturated heterocycles. The van der Waals surface area contributed by atoms with Crippen molar-refractivity contribution in [2.75, 3.05) is 0 Å². The van der Waals surface area contributed by atoms with E-state index in [1.807, 2.05) is 39.8 Å². The highest BCUT2D eigenvalue weighted by Crippen LogP contribution is 2.70. The van der Waals surface area contributed by atoms with Gasteiger partial charge in [0.05, 0.1) is 36.5 Å². The fourth-order valence-corrected chi connectivity index (χ4v) is 12.9. The minimum Gasteiger partial charge on any atom is -0.481 e. The molecule has 3 saturated carbocycles. The maximum absolute atomic E-state index is 11.7. The molecule has 0 aliphatic heterocycles. The normalized spacial score (nSPS) is 41.8. The average molecular weight is 743 g/mol. The summed E-state index contributed by atoms with van der Waals surface area (Å²) in [5.74, 6) is -4.65. The van der Waals surface area contributed by atoms with E-state index >= 15 is 0 Å². The third-order valence-corrected chi connectivity index (χ3v) is 15.8. The van der Waals surface area contributed by atoms with E-state index in [1.165, 1.54) is 0 Å². The molecule has 0 heterocycles. The summed E-state index contributed by atoms with van der Waals surface area (Å²) in [5.41, 5.74) is -3.95. The summed E-state index contributed by atoms with van der Waals surface area (Å²) in [6, 6.07) is 0. The molecule has 6 rings (SSSR count). The number of rotatable bonds is 14. The highest BCUT2D eigenvalue weighted by molar-refractivity contribution is 5.89. The zero-order valence-corrected chi connectivity index (χ0v) is 31.8. The maximum Gasteiger partial charge on any atom is 0.311 e. The lowest BCUT2D eigenvalue weighted by Gasteiger charge is -2.50. The topological polar surface area (TPSA) is 224 Å². The molecular formula is C41H58O12. The van der Waals surface area contributed by atoms with Crippen LogP contribution in [0.2, 0.25) is 0 Å². The number of fused-ring (bicyclic) bond motifs is 6. The van der Waals surface area contributed by atoms with E-state index < -0.39 is 68.3 Å². The maximum atomic E-state index is 11.7. The van der Waals surface area contributed by atoms with Gasteiger partial charge in [-0.1, -0.05) is 78.0 Å². The molecule has 12 nitrogen and oxygen atoms in total. The second kappa shape index (κ2) is 14.7. The van der Waals surface area contributed by atoms with Crippen LogP contribution in [-0.2, 0) is 28.8 Å². The number of carbonyl (C=O) groups is 6. The number of carboxylic acids is 6. The summed E-state index contributed by atoms with van der Waals surface area (Å²) in [5, 5.41) is 55.9. The van der Waals surface area contributed by atoms with Crippen LogP contribution < -0.4 is 0 Å². The molecule has 6 aliphatic carbocycles. The molecule has 0 radical (unpaired) electrons. The average Bonchev–Trinajstić information content (AvgIpc) is 3.92. The molecule has 0 amide bonds. The lowest BCUT2D eigenvalue weighted by molar-refractivity contribution is -0.177. The lowest BCUT2D eigenvalue weighted by atomic mass is 9.52. The summed E-state index contributed by atoms with van der Waals surface area (Å²) in [6.45, 7) is 11.4. The van der Waals surface area contributed by atoms with Gasteiger partial charge in [0.1, 0.15) is 0 Å². The van der Waals surface area contributed by atoms with Gasteiger partial charge in [0, 0.05) is 0 Å². The summed E-state index contributed by atoms with van der Waals surface area (Å²) < 4.78 is 0. The molecule has 12 atom stereocenters. The molecule has 0 spiro atoms. The van der Waals surface area contributed by atoms with Gasteiger partial charge in [-0.15, -0.1) is 0 Å². The summed E-state index contributed by atoms with van der Waals surface area (Å²) in [7, 11) is 0. The Labute approximate surface area is 311 Å². The molecule has 6 bridgehead atoms. The van der Waals surface area contributed by atoms with Crippen molar-refractivity contribution in [3.63, 3.8) is 0 Å². The predicted molar refractivity (Wildman–Crippen MR) is 194 cm³/mol. The zero-order valence-electron chi connectivity index (χ0n) is 31.8. The standard InChI is InChI=1S/C15H22O4.2C13H18O4/c1-3-14(8-12(16)17)10-5-6-11(7-10)15(14,4-2)9-13(18)19;1-12(6-10(14)15)8-3-4-9(5-8)13(12,2)7-11(16)17;1-3-12(10(14)15)8-5-6-9(7-8)13(12,4-2)11(16)17/h5-6,10-11H,3-4,7-9H2,1-2H3,(H,16,17)(H,18,19);3-4,8-9H,5-7H2,1-2H3,(H,14,15)(H,16,17);5-6,8-9H,3-4,7H2,1-2H3,(H,14,15)(H,16,17). The van der Waals surface area contributed by atoms with E-state index in [0.717, 1.165) is 25.7 Å². The van der Waals surface area contributed by atoms with Crippen LogP contribution in [0.15, 0.2) is 36.5 Å². The van der Waals surface area contributed by atoms with Crippen LogP contribution in [0.1, 0.15) is 112 Å². The van der Waals surface area contributed by atoms with E-state index in [2.05, 4.69) is 24.3 Å². The van der Waals surface area contributed by atoms with Crippen LogP contribution in [0.3, 0.4) is 0 Å². The Morgan fingerprint density at radius 3 is 0.962 bits per heavy atom. The molecule has 3 fully saturated rings. The van der Waals surface area contributed by atoms with Crippen LogP contribution in [-0.4, -0.2) is 66.5 Å². The van der Waals surface area contributed by atoms with Crippen LogP contribution in [0, 0.1) is 68.0 Å². The van der Waals surface area contributed by atoms with Gasteiger partial charge in [0.15, 0.2) is 0 Å². The van der Waals surface area contributed by atoms with Gasteiger partial charge in [-0.05, 0) is 102 Å². The second-order valence-electron chi connectivity index (χ2n) is 16.9. The van der Waals surface area contributed by atoms with E-state index in [9.17, 15) is 49.2 Å². The lowest BCUT2D eigenvalue weighted by Crippen LogP contribution is -2.54. The minimum atomic E-state index is -1.13. The third kappa shape index (κ3) is 6.02. The monoisotopic (exact) mass is 742 g/mol. The first-order valence-corrected chi connectivity index (χ1v) is 19.1. The number of carboxylic acid groups (broad SMARTS) is 6. The minimum absolute atomic E-state index is 0.0439. The van der Waals surface area contributed by atoms with E-state index in [-0.39, 0.29) is 61.2 Å². The van der Waals surface area contributed by atoms with E-state index in [1.54, 1.807) is 13.8 Å². The Balaban J connectivity index is 0.000000178. The molecule has 53 heavy (non-hydrogen) atoms. The first-order valence-electron chi connectivity index (χ1n) is 19.1. The van der Waals surface area contributed by atoms with Crippen molar-refractivity contribution in [3.8, 4) is 0 Å². The first-order chi connectivity index (χ1) is 24.7. The molecule has 6 aliphatic rings. The fraction of sp³-hybridized carbons (Fsp3) is 0.707. The third-order valence-electron chi connectivity index (χ3n) is 15.8. The predicted octanol–water partition coefficient (Wildman–Crippen LogP) is 7.24.